The summed E-state index contributed by atoms with van der Waals surface area (Å²) in [6.07, 6.45) is 0.794. The predicted molar refractivity (Wildman–Crippen MR) is 243 cm³/mol. The average Bonchev–Trinajstić information content (AvgIpc) is 3.57. The molecule has 0 radical (unpaired) electrons. The number of nitrogen functional groups attached to an aromatic ring is 1. The zero-order valence-electron chi connectivity index (χ0n) is 34.6. The number of imidazole rings is 1. The van der Waals surface area contributed by atoms with Crippen molar-refractivity contribution in [3.63, 3.8) is 0 Å². The van der Waals surface area contributed by atoms with Crippen LogP contribution in [-0.4, -0.2) is 69.0 Å². The molecule has 13 nitrogen and oxygen atoms in total. The van der Waals surface area contributed by atoms with Gasteiger partial charge in [0, 0.05) is 35.3 Å². The van der Waals surface area contributed by atoms with Gasteiger partial charge in [0.05, 0.1) is 58.6 Å². The lowest BCUT2D eigenvalue weighted by Crippen LogP contribution is -2.29. The highest BCUT2D eigenvalue weighted by molar-refractivity contribution is 8.15. The van der Waals surface area contributed by atoms with Gasteiger partial charge in [0.1, 0.15) is 23.6 Å². The highest BCUT2D eigenvalue weighted by Crippen LogP contribution is 2.31. The van der Waals surface area contributed by atoms with E-state index >= 15 is 0 Å². The van der Waals surface area contributed by atoms with Gasteiger partial charge in [0.2, 0.25) is 0 Å². The van der Waals surface area contributed by atoms with E-state index in [1.165, 1.54) is 23.5 Å². The standard InChI is InChI=1S/C22H24N4O2S.C14H20N4OS.C8H8O2/c1-13(2)12-26-19-9-8-15(20-14(3)29-22(27)25-24-20)11-18(19)23-21(26)16-6-5-7-17(10-16)28-4;1-8(2)7-16-12-5-4-10(6-11(12)15)13-9(3)20-14(19)18-17-13;1-10-8-4-2-3-7(5-8)6-9/h5-11,13-14H,12H2,1-4H3,(H,25,27);4-6,8-9,16H,7,15H2,1-3H3,(H,18,19);2-6H,1H3. The summed E-state index contributed by atoms with van der Waals surface area (Å²) < 4.78 is 12.6. The monoisotopic (exact) mass is 836 g/mol. The van der Waals surface area contributed by atoms with Gasteiger partial charge in [0.15, 0.2) is 0 Å². The number of fused-ring (bicyclic) bond motifs is 1. The van der Waals surface area contributed by atoms with E-state index in [1.54, 1.807) is 38.5 Å². The van der Waals surface area contributed by atoms with Gasteiger partial charge in [-0.05, 0) is 74.2 Å². The molecule has 0 bridgehead atoms. The SMILES string of the molecule is CC(C)CNc1ccc(C2=NNC(=O)SC2C)cc1N.COc1cccc(-c2nc3cc(C4=NNC(=O)SC4C)ccc3n2CC(C)C)c1.COc1cccc(C=O)c1. The van der Waals surface area contributed by atoms with Gasteiger partial charge in [-0.15, -0.1) is 0 Å². The van der Waals surface area contributed by atoms with Crippen LogP contribution in [0.15, 0.2) is 95.1 Å². The zero-order chi connectivity index (χ0) is 42.6. The van der Waals surface area contributed by atoms with Crippen LogP contribution in [0.3, 0.4) is 0 Å². The van der Waals surface area contributed by atoms with Crippen molar-refractivity contribution >= 4 is 74.1 Å². The summed E-state index contributed by atoms with van der Waals surface area (Å²) in [7, 11) is 3.25. The van der Waals surface area contributed by atoms with E-state index in [0.29, 0.717) is 28.8 Å². The number of benzene rings is 4. The lowest BCUT2D eigenvalue weighted by atomic mass is 10.1. The maximum atomic E-state index is 11.5. The molecule has 0 aliphatic carbocycles. The molecule has 1 aromatic heterocycles. The molecule has 2 unspecified atom stereocenters. The minimum Gasteiger partial charge on any atom is -0.497 e. The Balaban J connectivity index is 0.000000190. The van der Waals surface area contributed by atoms with Gasteiger partial charge >= 0.3 is 0 Å². The summed E-state index contributed by atoms with van der Waals surface area (Å²) in [5.74, 6) is 3.48. The van der Waals surface area contributed by atoms with Gasteiger partial charge < -0.3 is 25.1 Å². The smallest absolute Gasteiger partial charge is 0.299 e. The molecule has 0 saturated carbocycles. The Morgan fingerprint density at radius 3 is 1.93 bits per heavy atom. The maximum Gasteiger partial charge on any atom is 0.299 e. The summed E-state index contributed by atoms with van der Waals surface area (Å²) in [6.45, 7) is 14.4. The van der Waals surface area contributed by atoms with Crippen LogP contribution in [-0.2, 0) is 6.54 Å². The quantitative estimate of drug-likeness (QED) is 0.0742. The van der Waals surface area contributed by atoms with Crippen molar-refractivity contribution < 1.29 is 23.9 Å². The van der Waals surface area contributed by atoms with Crippen LogP contribution in [0.1, 0.15) is 63.0 Å². The number of anilines is 2. The maximum absolute atomic E-state index is 11.5. The van der Waals surface area contributed by atoms with Gasteiger partial charge in [-0.3, -0.25) is 14.4 Å². The fraction of sp³-hybridized carbons (Fsp3) is 0.318. The molecule has 3 heterocycles. The number of hydrogen-bond donors (Lipinski definition) is 4. The Labute approximate surface area is 354 Å². The summed E-state index contributed by atoms with van der Waals surface area (Å²) in [5, 5.41) is 11.5. The minimum atomic E-state index is -0.121. The minimum absolute atomic E-state index is 0.00296. The Hall–Kier alpha value is -5.80. The van der Waals surface area contributed by atoms with Crippen molar-refractivity contribution in [2.24, 2.45) is 22.0 Å². The number of methoxy groups -OCH3 is 2. The third-order valence-corrected chi connectivity index (χ3v) is 10.8. The van der Waals surface area contributed by atoms with E-state index < -0.39 is 0 Å². The first kappa shape index (κ1) is 44.3. The number of aromatic nitrogens is 2. The number of nitrogens with one attached hydrogen (secondary N) is 3. The molecule has 5 N–H and O–H groups in total. The lowest BCUT2D eigenvalue weighted by Gasteiger charge is -2.19. The Morgan fingerprint density at radius 1 is 0.780 bits per heavy atom. The molecule has 0 fully saturated rings. The fourth-order valence-corrected chi connectivity index (χ4v) is 7.65. The van der Waals surface area contributed by atoms with E-state index in [0.717, 1.165) is 75.8 Å². The fourth-order valence-electron chi connectivity index (χ4n) is 6.21. The topological polar surface area (TPSA) is 174 Å². The van der Waals surface area contributed by atoms with E-state index in [4.69, 9.17) is 20.2 Å². The first-order valence-corrected chi connectivity index (χ1v) is 21.0. The molecular weight excluding hydrogens is 785 g/mol. The van der Waals surface area contributed by atoms with Crippen molar-refractivity contribution in [3.05, 3.63) is 102 Å². The van der Waals surface area contributed by atoms with E-state index in [1.807, 2.05) is 50.2 Å². The number of amides is 2. The molecule has 2 aliphatic heterocycles. The summed E-state index contributed by atoms with van der Waals surface area (Å²) >= 11 is 2.48. The second kappa shape index (κ2) is 20.8. The largest absolute Gasteiger partial charge is 0.497 e. The molecule has 2 atom stereocenters. The van der Waals surface area contributed by atoms with Crippen molar-refractivity contribution in [1.29, 1.82) is 0 Å². The molecule has 2 aliphatic rings. The molecule has 0 saturated heterocycles. The molecule has 59 heavy (non-hydrogen) atoms. The van der Waals surface area contributed by atoms with Crippen LogP contribution in [0.2, 0.25) is 0 Å². The van der Waals surface area contributed by atoms with E-state index in [9.17, 15) is 14.4 Å². The van der Waals surface area contributed by atoms with Crippen molar-refractivity contribution in [2.45, 2.75) is 58.6 Å². The van der Waals surface area contributed by atoms with E-state index in [-0.39, 0.29) is 21.0 Å². The van der Waals surface area contributed by atoms with Crippen LogP contribution >= 0.6 is 23.5 Å². The van der Waals surface area contributed by atoms with Gasteiger partial charge in [-0.2, -0.15) is 10.2 Å². The first-order valence-electron chi connectivity index (χ1n) is 19.3. The highest BCUT2D eigenvalue weighted by atomic mass is 32.2. The number of aldehydes is 1. The molecule has 15 heteroatoms. The molecule has 0 spiro atoms. The summed E-state index contributed by atoms with van der Waals surface area (Å²) in [4.78, 5) is 38.0. The number of thioether (sulfide) groups is 2. The van der Waals surface area contributed by atoms with E-state index in [2.05, 4.69) is 82.9 Å². The number of carbonyl (C=O) groups is 3. The van der Waals surface area contributed by atoms with Gasteiger partial charge in [-0.25, -0.2) is 15.8 Å². The first-order chi connectivity index (χ1) is 28.3. The van der Waals surface area contributed by atoms with Crippen molar-refractivity contribution in [1.82, 2.24) is 20.4 Å². The van der Waals surface area contributed by atoms with Gasteiger partial charge in [0.25, 0.3) is 10.5 Å². The Kier molecular flexibility index (Phi) is 15.6. The van der Waals surface area contributed by atoms with Crippen molar-refractivity contribution in [2.75, 3.05) is 31.8 Å². The number of ether oxygens (including phenoxy) is 2. The third-order valence-electron chi connectivity index (χ3n) is 9.07. The van der Waals surface area contributed by atoms with Crippen LogP contribution in [0.5, 0.6) is 11.5 Å². The molecule has 310 valence electrons. The predicted octanol–water partition coefficient (Wildman–Crippen LogP) is 9.31. The number of nitrogens with zero attached hydrogens (tertiary/aromatic N) is 4. The second-order valence-corrected chi connectivity index (χ2v) is 17.3. The van der Waals surface area contributed by atoms with Crippen molar-refractivity contribution in [3.8, 4) is 22.9 Å². The highest BCUT2D eigenvalue weighted by Gasteiger charge is 2.24. The summed E-state index contributed by atoms with van der Waals surface area (Å²) in [6, 6.07) is 27.0. The average molecular weight is 837 g/mol. The third kappa shape index (κ3) is 11.9. The Morgan fingerprint density at radius 2 is 1.37 bits per heavy atom. The number of hydrogen-bond acceptors (Lipinski definition) is 12. The van der Waals surface area contributed by atoms with Crippen LogP contribution < -0.4 is 31.4 Å². The van der Waals surface area contributed by atoms with Crippen LogP contribution in [0.4, 0.5) is 21.0 Å². The molecule has 5 aromatic rings. The van der Waals surface area contributed by atoms with Gasteiger partial charge in [-0.1, -0.05) is 87.6 Å². The number of hydrazone groups is 2. The van der Waals surface area contributed by atoms with Crippen LogP contribution in [0.25, 0.3) is 22.4 Å². The molecule has 2 amide bonds. The molecule has 7 rings (SSSR count). The summed E-state index contributed by atoms with van der Waals surface area (Å²) in [5.41, 5.74) is 20.0. The normalized spacial score (nSPS) is 16.1. The van der Waals surface area contributed by atoms with Crippen LogP contribution in [0, 0.1) is 11.8 Å². The second-order valence-electron chi connectivity index (χ2n) is 14.7. The Bertz CT molecular complexity index is 2340. The number of rotatable bonds is 11. The number of nitrogens with two attached hydrogens (primary N) is 1. The molecule has 4 aromatic carbocycles. The number of carbonyl (C=O) groups excluding carboxylic acids is 3. The molecular formula is C44H52N8O5S2. The zero-order valence-corrected chi connectivity index (χ0v) is 36.2. The lowest BCUT2D eigenvalue weighted by molar-refractivity contribution is 0.112.